The molecule has 0 saturated carbocycles. The van der Waals surface area contributed by atoms with Crippen molar-refractivity contribution in [3.05, 3.63) is 65.1 Å². The molecule has 9 heteroatoms. The van der Waals surface area contributed by atoms with Gasteiger partial charge in [-0.05, 0) is 30.7 Å². The van der Waals surface area contributed by atoms with Gasteiger partial charge in [0.2, 0.25) is 0 Å². The van der Waals surface area contributed by atoms with E-state index in [0.717, 1.165) is 0 Å². The van der Waals surface area contributed by atoms with Crippen LogP contribution in [-0.2, 0) is 17.1 Å². The second kappa shape index (κ2) is 6.89. The molecule has 1 aromatic carbocycles. The zero-order valence-electron chi connectivity index (χ0n) is 14.0. The van der Waals surface area contributed by atoms with Gasteiger partial charge in [0.25, 0.3) is 15.9 Å². The van der Waals surface area contributed by atoms with Crippen LogP contribution in [0.3, 0.4) is 0 Å². The summed E-state index contributed by atoms with van der Waals surface area (Å²) in [6, 6.07) is 9.73. The van der Waals surface area contributed by atoms with Gasteiger partial charge in [0.1, 0.15) is 11.4 Å². The van der Waals surface area contributed by atoms with Crippen LogP contribution in [0.4, 0.5) is 0 Å². The molecule has 0 radical (unpaired) electrons. The number of pyridine rings is 1. The fraction of sp³-hybridized carbons (Fsp3) is 0.118. The molecule has 3 rings (SSSR count). The van der Waals surface area contributed by atoms with Gasteiger partial charge in [-0.3, -0.25) is 9.78 Å². The number of sulfonamides is 1. The van der Waals surface area contributed by atoms with E-state index in [1.54, 1.807) is 55.1 Å². The highest BCUT2D eigenvalue weighted by Gasteiger charge is 2.23. The van der Waals surface area contributed by atoms with E-state index in [2.05, 4.69) is 9.97 Å². The summed E-state index contributed by atoms with van der Waals surface area (Å²) in [6.07, 6.45) is 2.97. The fourth-order valence-electron chi connectivity index (χ4n) is 2.43. The van der Waals surface area contributed by atoms with Crippen LogP contribution in [-0.4, -0.2) is 28.9 Å². The van der Waals surface area contributed by atoms with E-state index < -0.39 is 15.9 Å². The number of hydrogen-bond donors (Lipinski definition) is 1. The molecular formula is C17H15ClN4O3S. The maximum absolute atomic E-state index is 12.5. The second-order valence-electron chi connectivity index (χ2n) is 5.59. The van der Waals surface area contributed by atoms with Gasteiger partial charge >= 0.3 is 0 Å². The van der Waals surface area contributed by atoms with Gasteiger partial charge in [-0.15, -0.1) is 0 Å². The zero-order valence-corrected chi connectivity index (χ0v) is 15.5. The van der Waals surface area contributed by atoms with Crippen LogP contribution in [0.25, 0.3) is 11.5 Å². The maximum atomic E-state index is 12.5. The predicted molar refractivity (Wildman–Crippen MR) is 97.3 cm³/mol. The Morgan fingerprint density at radius 3 is 2.62 bits per heavy atom. The maximum Gasteiger partial charge on any atom is 0.285 e. The van der Waals surface area contributed by atoms with Crippen LogP contribution in [0, 0.1) is 6.92 Å². The van der Waals surface area contributed by atoms with Crippen LogP contribution in [0.1, 0.15) is 16.1 Å². The van der Waals surface area contributed by atoms with E-state index in [-0.39, 0.29) is 10.6 Å². The number of benzene rings is 1. The summed E-state index contributed by atoms with van der Waals surface area (Å²) in [6.45, 7) is 1.65. The number of rotatable bonds is 4. The first-order valence-corrected chi connectivity index (χ1v) is 9.43. The van der Waals surface area contributed by atoms with E-state index in [1.807, 2.05) is 4.72 Å². The van der Waals surface area contributed by atoms with E-state index in [1.165, 1.54) is 12.3 Å². The third-order valence-corrected chi connectivity index (χ3v) is 5.49. The van der Waals surface area contributed by atoms with Crippen molar-refractivity contribution in [2.24, 2.45) is 7.05 Å². The molecule has 2 aromatic heterocycles. The standard InChI is InChI=1S/C17H15ClN4O3S/c1-11-6-3-4-8-14(11)26(24,25)21-17(23)13-10-22(2)16(20-13)15-12(18)7-5-9-19-15/h3-10H,1-2H3,(H,21,23). The SMILES string of the molecule is Cc1ccccc1S(=O)(=O)NC(=O)c1cn(C)c(-c2ncccc2Cl)n1. The number of nitrogens with zero attached hydrogens (tertiary/aromatic N) is 3. The van der Waals surface area contributed by atoms with Crippen molar-refractivity contribution in [2.45, 2.75) is 11.8 Å². The molecule has 1 amide bonds. The van der Waals surface area contributed by atoms with Gasteiger partial charge in [-0.1, -0.05) is 29.8 Å². The molecule has 2 heterocycles. The Bertz CT molecular complexity index is 1090. The van der Waals surface area contributed by atoms with E-state index in [4.69, 9.17) is 11.6 Å². The summed E-state index contributed by atoms with van der Waals surface area (Å²) < 4.78 is 28.5. The fourth-order valence-corrected chi connectivity index (χ4v) is 3.85. The number of carbonyl (C=O) groups excluding carboxylic acids is 1. The monoisotopic (exact) mass is 390 g/mol. The summed E-state index contributed by atoms with van der Waals surface area (Å²) in [7, 11) is -2.34. The van der Waals surface area contributed by atoms with Crippen molar-refractivity contribution in [1.29, 1.82) is 0 Å². The van der Waals surface area contributed by atoms with Gasteiger partial charge < -0.3 is 4.57 Å². The smallest absolute Gasteiger partial charge is 0.285 e. The third kappa shape index (κ3) is 3.47. The van der Waals surface area contributed by atoms with Gasteiger partial charge in [-0.2, -0.15) is 0 Å². The number of amides is 1. The summed E-state index contributed by atoms with van der Waals surface area (Å²) in [4.78, 5) is 20.8. The van der Waals surface area contributed by atoms with Crippen molar-refractivity contribution in [3.63, 3.8) is 0 Å². The van der Waals surface area contributed by atoms with Crippen molar-refractivity contribution in [1.82, 2.24) is 19.3 Å². The Balaban J connectivity index is 1.91. The average Bonchev–Trinajstić information content (AvgIpc) is 2.97. The van der Waals surface area contributed by atoms with Crippen LogP contribution in [0.2, 0.25) is 5.02 Å². The van der Waals surface area contributed by atoms with Gasteiger partial charge in [0, 0.05) is 19.4 Å². The molecule has 0 saturated heterocycles. The Hall–Kier alpha value is -2.71. The first-order valence-electron chi connectivity index (χ1n) is 7.56. The minimum Gasteiger partial charge on any atom is -0.332 e. The lowest BCUT2D eigenvalue weighted by Gasteiger charge is -2.07. The number of imidazole rings is 1. The van der Waals surface area contributed by atoms with Gasteiger partial charge in [0.15, 0.2) is 5.82 Å². The number of nitrogens with one attached hydrogen (secondary N) is 1. The largest absolute Gasteiger partial charge is 0.332 e. The Kier molecular flexibility index (Phi) is 4.80. The number of hydrogen-bond acceptors (Lipinski definition) is 5. The number of carbonyl (C=O) groups is 1. The Morgan fingerprint density at radius 1 is 1.19 bits per heavy atom. The Morgan fingerprint density at radius 2 is 1.92 bits per heavy atom. The lowest BCUT2D eigenvalue weighted by molar-refractivity contribution is 0.0977. The molecule has 134 valence electrons. The van der Waals surface area contributed by atoms with Gasteiger partial charge in [0.05, 0.1) is 9.92 Å². The molecule has 0 bridgehead atoms. The van der Waals surface area contributed by atoms with E-state index >= 15 is 0 Å². The first kappa shape index (κ1) is 18.1. The highest BCUT2D eigenvalue weighted by molar-refractivity contribution is 7.90. The number of halogens is 1. The highest BCUT2D eigenvalue weighted by atomic mass is 35.5. The minimum absolute atomic E-state index is 0.0391. The third-order valence-electron chi connectivity index (χ3n) is 3.69. The summed E-state index contributed by atoms with van der Waals surface area (Å²) in [5.74, 6) is -0.476. The highest BCUT2D eigenvalue weighted by Crippen LogP contribution is 2.24. The molecule has 7 nitrogen and oxygen atoms in total. The lowest BCUT2D eigenvalue weighted by atomic mass is 10.2. The van der Waals surface area contributed by atoms with Crippen molar-refractivity contribution >= 4 is 27.5 Å². The van der Waals surface area contributed by atoms with E-state index in [9.17, 15) is 13.2 Å². The molecule has 0 spiro atoms. The molecule has 0 atom stereocenters. The van der Waals surface area contributed by atoms with Crippen molar-refractivity contribution in [3.8, 4) is 11.5 Å². The quantitative estimate of drug-likeness (QED) is 0.738. The molecule has 0 fully saturated rings. The lowest BCUT2D eigenvalue weighted by Crippen LogP contribution is -2.31. The molecule has 0 unspecified atom stereocenters. The number of aromatic nitrogens is 3. The minimum atomic E-state index is -4.01. The molecular weight excluding hydrogens is 376 g/mol. The first-order chi connectivity index (χ1) is 12.3. The van der Waals surface area contributed by atoms with Crippen molar-refractivity contribution in [2.75, 3.05) is 0 Å². The molecule has 1 N–H and O–H groups in total. The van der Waals surface area contributed by atoms with Crippen LogP contribution in [0.5, 0.6) is 0 Å². The molecule has 0 aliphatic carbocycles. The summed E-state index contributed by atoms with van der Waals surface area (Å²) in [5.41, 5.74) is 0.883. The summed E-state index contributed by atoms with van der Waals surface area (Å²) in [5, 5.41) is 0.376. The Labute approximate surface area is 155 Å². The molecule has 3 aromatic rings. The van der Waals surface area contributed by atoms with Crippen LogP contribution >= 0.6 is 11.6 Å². The van der Waals surface area contributed by atoms with Gasteiger partial charge in [-0.25, -0.2) is 18.1 Å². The topological polar surface area (TPSA) is 94.0 Å². The van der Waals surface area contributed by atoms with E-state index in [0.29, 0.717) is 22.1 Å². The molecule has 26 heavy (non-hydrogen) atoms. The van der Waals surface area contributed by atoms with Crippen LogP contribution in [0.15, 0.2) is 53.7 Å². The number of aryl methyl sites for hydroxylation is 2. The average molecular weight is 391 g/mol. The predicted octanol–water partition coefficient (Wildman–Crippen LogP) is 2.56. The normalized spacial score (nSPS) is 11.3. The molecule has 0 aliphatic rings. The summed E-state index contributed by atoms with van der Waals surface area (Å²) >= 11 is 6.11. The zero-order chi connectivity index (χ0) is 18.9. The molecule has 0 aliphatic heterocycles. The second-order valence-corrected chi connectivity index (χ2v) is 7.65. The van der Waals surface area contributed by atoms with Crippen LogP contribution < -0.4 is 4.72 Å². The van der Waals surface area contributed by atoms with Crippen molar-refractivity contribution < 1.29 is 13.2 Å².